The Morgan fingerprint density at radius 2 is 1.84 bits per heavy atom. The zero-order valence-electron chi connectivity index (χ0n) is 13.2. The van der Waals surface area contributed by atoms with Crippen LogP contribution in [0, 0.1) is 13.8 Å². The largest absolute Gasteiger partial charge is 0.310 e. The van der Waals surface area contributed by atoms with Crippen LogP contribution in [-0.4, -0.2) is 10.6 Å². The Labute approximate surface area is 117 Å². The zero-order chi connectivity index (χ0) is 14.6. The normalized spacial score (nSPS) is 14.4. The first kappa shape index (κ1) is 16.0. The molecule has 0 saturated carbocycles. The molecule has 1 N–H and O–H groups in total. The molecule has 0 fully saturated rings. The molecule has 2 atom stereocenters. The van der Waals surface area contributed by atoms with Crippen molar-refractivity contribution in [1.29, 1.82) is 0 Å². The van der Waals surface area contributed by atoms with Crippen LogP contribution >= 0.6 is 0 Å². The molecule has 1 heterocycles. The molecule has 1 aromatic heterocycles. The van der Waals surface area contributed by atoms with Crippen molar-refractivity contribution in [3.8, 4) is 0 Å². The molecule has 0 radical (unpaired) electrons. The molecular weight excluding hydrogens is 236 g/mol. The van der Waals surface area contributed by atoms with Gasteiger partial charge in [0, 0.05) is 29.9 Å². The summed E-state index contributed by atoms with van der Waals surface area (Å²) in [6.07, 6.45) is 2.05. The van der Waals surface area contributed by atoms with Crippen LogP contribution < -0.4 is 10.9 Å². The molecule has 1 aromatic rings. The highest BCUT2D eigenvalue weighted by Gasteiger charge is 2.14. The molecule has 0 aliphatic rings. The van der Waals surface area contributed by atoms with Gasteiger partial charge in [-0.2, -0.15) is 0 Å². The Hall–Kier alpha value is -1.09. The van der Waals surface area contributed by atoms with Gasteiger partial charge in [0.25, 0.3) is 5.56 Å². The Morgan fingerprint density at radius 3 is 2.37 bits per heavy atom. The second kappa shape index (κ2) is 6.90. The number of pyridine rings is 1. The molecule has 3 nitrogen and oxygen atoms in total. The number of hydrogen-bond donors (Lipinski definition) is 1. The minimum Gasteiger partial charge on any atom is -0.310 e. The molecule has 0 bridgehead atoms. The van der Waals surface area contributed by atoms with Crippen molar-refractivity contribution in [3.63, 3.8) is 0 Å². The first-order valence-electron chi connectivity index (χ1n) is 7.37. The van der Waals surface area contributed by atoms with E-state index in [0.29, 0.717) is 12.6 Å². The second-order valence-electron chi connectivity index (χ2n) is 5.57. The minimum atomic E-state index is 0.169. The lowest BCUT2D eigenvalue weighted by Crippen LogP contribution is -2.33. The van der Waals surface area contributed by atoms with E-state index in [4.69, 9.17) is 0 Å². The summed E-state index contributed by atoms with van der Waals surface area (Å²) in [6.45, 7) is 13.2. The van der Waals surface area contributed by atoms with Gasteiger partial charge < -0.3 is 9.88 Å². The van der Waals surface area contributed by atoms with Crippen LogP contribution in [0.15, 0.2) is 10.9 Å². The molecule has 0 aliphatic carbocycles. The van der Waals surface area contributed by atoms with Gasteiger partial charge in [0.15, 0.2) is 0 Å². The summed E-state index contributed by atoms with van der Waals surface area (Å²) in [7, 11) is 0. The van der Waals surface area contributed by atoms with Crippen LogP contribution in [0.4, 0.5) is 0 Å². The van der Waals surface area contributed by atoms with Gasteiger partial charge >= 0.3 is 0 Å². The van der Waals surface area contributed by atoms with Crippen molar-refractivity contribution < 1.29 is 0 Å². The molecular formula is C16H28N2O. The minimum absolute atomic E-state index is 0.169. The maximum absolute atomic E-state index is 12.6. The third-order valence-electron chi connectivity index (χ3n) is 4.03. The quantitative estimate of drug-likeness (QED) is 0.855. The smallest absolute Gasteiger partial charge is 0.255 e. The Kier molecular flexibility index (Phi) is 5.80. The van der Waals surface area contributed by atoms with Gasteiger partial charge in [-0.15, -0.1) is 0 Å². The average Bonchev–Trinajstić information content (AvgIpc) is 2.37. The van der Waals surface area contributed by atoms with Crippen LogP contribution in [0.25, 0.3) is 0 Å². The number of aryl methyl sites for hydroxylation is 2. The van der Waals surface area contributed by atoms with E-state index in [0.717, 1.165) is 29.7 Å². The predicted molar refractivity (Wildman–Crippen MR) is 81.8 cm³/mol. The van der Waals surface area contributed by atoms with Gasteiger partial charge in [-0.1, -0.05) is 13.8 Å². The first-order chi connectivity index (χ1) is 8.92. The fourth-order valence-electron chi connectivity index (χ4n) is 2.31. The summed E-state index contributed by atoms with van der Waals surface area (Å²) in [5.74, 6) is 0. The molecule has 19 heavy (non-hydrogen) atoms. The van der Waals surface area contributed by atoms with Crippen LogP contribution in [0.3, 0.4) is 0 Å². The molecule has 0 aliphatic heterocycles. The van der Waals surface area contributed by atoms with Gasteiger partial charge in [-0.3, -0.25) is 4.79 Å². The van der Waals surface area contributed by atoms with Gasteiger partial charge in [-0.05, 0) is 52.2 Å². The van der Waals surface area contributed by atoms with Crippen LogP contribution in [0.2, 0.25) is 0 Å². The van der Waals surface area contributed by atoms with Crippen LogP contribution in [0.5, 0.6) is 0 Å². The lowest BCUT2D eigenvalue weighted by Gasteiger charge is -2.20. The van der Waals surface area contributed by atoms with E-state index in [1.165, 1.54) is 0 Å². The molecule has 0 saturated heterocycles. The first-order valence-corrected chi connectivity index (χ1v) is 7.37. The number of nitrogens with one attached hydrogen (secondary N) is 1. The van der Waals surface area contributed by atoms with Crippen molar-refractivity contribution >= 4 is 0 Å². The van der Waals surface area contributed by atoms with E-state index >= 15 is 0 Å². The molecule has 0 amide bonds. The third kappa shape index (κ3) is 3.69. The summed E-state index contributed by atoms with van der Waals surface area (Å²) < 4.78 is 1.93. The van der Waals surface area contributed by atoms with E-state index in [2.05, 4.69) is 39.1 Å². The number of aromatic nitrogens is 1. The van der Waals surface area contributed by atoms with E-state index in [1.807, 2.05) is 18.4 Å². The Morgan fingerprint density at radius 1 is 1.21 bits per heavy atom. The Bertz CT molecular complexity index is 476. The van der Waals surface area contributed by atoms with E-state index in [9.17, 15) is 4.79 Å². The van der Waals surface area contributed by atoms with E-state index in [1.54, 1.807) is 0 Å². The number of nitrogens with zero attached hydrogens (tertiary/aromatic N) is 1. The number of hydrogen-bond acceptors (Lipinski definition) is 2. The fraction of sp³-hybridized carbons (Fsp3) is 0.688. The highest BCUT2D eigenvalue weighted by Crippen LogP contribution is 2.14. The van der Waals surface area contributed by atoms with Crippen molar-refractivity contribution in [1.82, 2.24) is 9.88 Å². The van der Waals surface area contributed by atoms with Crippen LogP contribution in [-0.2, 0) is 6.54 Å². The molecule has 0 spiro atoms. The van der Waals surface area contributed by atoms with Gasteiger partial charge in [-0.25, -0.2) is 0 Å². The highest BCUT2D eigenvalue weighted by atomic mass is 16.1. The number of rotatable bonds is 6. The van der Waals surface area contributed by atoms with Crippen molar-refractivity contribution in [2.45, 2.75) is 73.0 Å². The summed E-state index contributed by atoms with van der Waals surface area (Å²) in [4.78, 5) is 12.6. The lowest BCUT2D eigenvalue weighted by atomic mass is 10.1. The molecule has 108 valence electrons. The van der Waals surface area contributed by atoms with Crippen molar-refractivity contribution in [2.24, 2.45) is 0 Å². The van der Waals surface area contributed by atoms with E-state index < -0.39 is 0 Å². The fourth-order valence-corrected chi connectivity index (χ4v) is 2.31. The van der Waals surface area contributed by atoms with Gasteiger partial charge in [0.2, 0.25) is 0 Å². The SMILES string of the molecule is CCC(C)NCc1c(C)cc(C)n(C(C)CC)c1=O. The van der Waals surface area contributed by atoms with Gasteiger partial charge in [0.1, 0.15) is 0 Å². The second-order valence-corrected chi connectivity index (χ2v) is 5.57. The average molecular weight is 264 g/mol. The monoisotopic (exact) mass is 264 g/mol. The molecule has 0 aromatic carbocycles. The summed E-state index contributed by atoms with van der Waals surface area (Å²) in [6, 6.07) is 2.83. The van der Waals surface area contributed by atoms with Crippen molar-refractivity contribution in [3.05, 3.63) is 33.2 Å². The topological polar surface area (TPSA) is 34.0 Å². The summed E-state index contributed by atoms with van der Waals surface area (Å²) >= 11 is 0. The van der Waals surface area contributed by atoms with Gasteiger partial charge in [0.05, 0.1) is 0 Å². The van der Waals surface area contributed by atoms with Crippen molar-refractivity contribution in [2.75, 3.05) is 0 Å². The zero-order valence-corrected chi connectivity index (χ0v) is 13.2. The Balaban J connectivity index is 3.14. The molecule has 2 unspecified atom stereocenters. The maximum atomic E-state index is 12.6. The lowest BCUT2D eigenvalue weighted by molar-refractivity contribution is 0.488. The maximum Gasteiger partial charge on any atom is 0.255 e. The molecule has 1 rings (SSSR count). The molecule has 3 heteroatoms. The summed E-state index contributed by atoms with van der Waals surface area (Å²) in [5, 5.41) is 3.42. The predicted octanol–water partition coefficient (Wildman–Crippen LogP) is 3.32. The highest BCUT2D eigenvalue weighted by molar-refractivity contribution is 5.26. The third-order valence-corrected chi connectivity index (χ3v) is 4.03. The van der Waals surface area contributed by atoms with Crippen LogP contribution in [0.1, 0.15) is 63.4 Å². The standard InChI is InChI=1S/C16H28N2O/c1-7-12(4)17-10-15-11(3)9-14(6)18(16(15)19)13(5)8-2/h9,12-13,17H,7-8,10H2,1-6H3. The van der Waals surface area contributed by atoms with E-state index in [-0.39, 0.29) is 11.6 Å². The summed E-state index contributed by atoms with van der Waals surface area (Å²) in [5.41, 5.74) is 3.23.